The van der Waals surface area contributed by atoms with Crippen LogP contribution in [-0.2, 0) is 0 Å². The van der Waals surface area contributed by atoms with Gasteiger partial charge in [0.05, 0.1) is 11.3 Å². The van der Waals surface area contributed by atoms with Gasteiger partial charge in [0.15, 0.2) is 5.65 Å². The lowest BCUT2D eigenvalue weighted by Gasteiger charge is -2.29. The number of pyridine rings is 2. The Balaban J connectivity index is 1.90. The summed E-state index contributed by atoms with van der Waals surface area (Å²) in [6, 6.07) is 9.49. The summed E-state index contributed by atoms with van der Waals surface area (Å²) in [6.45, 7) is 5.93. The molecule has 3 aromatic rings. The van der Waals surface area contributed by atoms with Gasteiger partial charge in [0, 0.05) is 43.2 Å². The third-order valence-electron chi connectivity index (χ3n) is 6.09. The summed E-state index contributed by atoms with van der Waals surface area (Å²) in [7, 11) is 5.65. The van der Waals surface area contributed by atoms with E-state index in [-0.39, 0.29) is 17.6 Å². The zero-order valence-corrected chi connectivity index (χ0v) is 18.9. The molecule has 1 aliphatic heterocycles. The van der Waals surface area contributed by atoms with Crippen LogP contribution in [0.25, 0.3) is 22.3 Å². The maximum absolute atomic E-state index is 13.0. The second-order valence-corrected chi connectivity index (χ2v) is 8.94. The zero-order chi connectivity index (χ0) is 22.3. The Morgan fingerprint density at radius 2 is 1.94 bits per heavy atom. The Morgan fingerprint density at radius 3 is 2.61 bits per heavy atom. The van der Waals surface area contributed by atoms with E-state index in [1.165, 1.54) is 0 Å². The molecular weight excluding hydrogens is 388 g/mol. The van der Waals surface area contributed by atoms with E-state index in [0.29, 0.717) is 22.5 Å². The standard InChI is InChI=1S/C25H30N4O2/c1-15-11-16(2)23(22(30)12-15)20-9-8-18-19(25(31)28(3)4)13-21(27-24(18)26-20)17-7-6-10-29(5)14-17/h8-9,11-13,17,30H,6-7,10,14H2,1-5H3. The number of hydrogen-bond acceptors (Lipinski definition) is 5. The molecule has 1 saturated heterocycles. The lowest BCUT2D eigenvalue weighted by Crippen LogP contribution is -2.31. The van der Waals surface area contributed by atoms with Crippen LogP contribution >= 0.6 is 0 Å². The number of nitrogens with zero attached hydrogens (tertiary/aromatic N) is 4. The highest BCUT2D eigenvalue weighted by Gasteiger charge is 2.24. The fraction of sp³-hybridized carbons (Fsp3) is 0.400. The van der Waals surface area contributed by atoms with Crippen LogP contribution in [0.4, 0.5) is 0 Å². The van der Waals surface area contributed by atoms with Gasteiger partial charge in [0.25, 0.3) is 5.91 Å². The minimum absolute atomic E-state index is 0.0540. The molecule has 1 fully saturated rings. The molecule has 2 aromatic heterocycles. The van der Waals surface area contributed by atoms with Crippen molar-refractivity contribution < 1.29 is 9.90 Å². The van der Waals surface area contributed by atoms with Gasteiger partial charge >= 0.3 is 0 Å². The second kappa shape index (κ2) is 8.27. The van der Waals surface area contributed by atoms with E-state index in [1.807, 2.05) is 38.1 Å². The number of aromatic hydroxyl groups is 1. The number of rotatable bonds is 3. The van der Waals surface area contributed by atoms with E-state index in [1.54, 1.807) is 25.1 Å². The maximum atomic E-state index is 13.0. The number of piperidine rings is 1. The smallest absolute Gasteiger partial charge is 0.254 e. The van der Waals surface area contributed by atoms with Crippen LogP contribution in [-0.4, -0.2) is 65.0 Å². The van der Waals surface area contributed by atoms with E-state index >= 15 is 0 Å². The van der Waals surface area contributed by atoms with Crippen LogP contribution in [0.3, 0.4) is 0 Å². The average molecular weight is 419 g/mol. The summed E-state index contributed by atoms with van der Waals surface area (Å²) in [5.74, 6) is 0.428. The number of likely N-dealkylation sites (N-methyl/N-ethyl adjacent to an activating group) is 1. The van der Waals surface area contributed by atoms with Crippen molar-refractivity contribution in [3.8, 4) is 17.0 Å². The SMILES string of the molecule is Cc1cc(C)c(-c2ccc3c(C(=O)N(C)C)cc(C4CCCN(C)C4)nc3n2)c(O)c1. The summed E-state index contributed by atoms with van der Waals surface area (Å²) in [4.78, 5) is 26.6. The highest BCUT2D eigenvalue weighted by Crippen LogP contribution is 2.34. The molecule has 0 bridgehead atoms. The van der Waals surface area contributed by atoms with E-state index in [4.69, 9.17) is 9.97 Å². The Bertz CT molecular complexity index is 1130. The molecule has 1 unspecified atom stereocenters. The predicted molar refractivity (Wildman–Crippen MR) is 124 cm³/mol. The highest BCUT2D eigenvalue weighted by atomic mass is 16.3. The van der Waals surface area contributed by atoms with Crippen molar-refractivity contribution in [2.75, 3.05) is 34.2 Å². The summed E-state index contributed by atoms with van der Waals surface area (Å²) >= 11 is 0. The Kier molecular flexibility index (Phi) is 5.67. The number of likely N-dealkylation sites (tertiary alicyclic amines) is 1. The lowest BCUT2D eigenvalue weighted by molar-refractivity contribution is 0.0829. The molecule has 162 valence electrons. The molecule has 0 aliphatic carbocycles. The summed E-state index contributed by atoms with van der Waals surface area (Å²) in [5.41, 5.74) is 5.42. The molecule has 0 radical (unpaired) electrons. The van der Waals surface area contributed by atoms with Gasteiger partial charge < -0.3 is 14.9 Å². The third kappa shape index (κ3) is 4.12. The lowest BCUT2D eigenvalue weighted by atomic mass is 9.93. The van der Waals surface area contributed by atoms with Gasteiger partial charge in [0.1, 0.15) is 5.75 Å². The molecular formula is C25H30N4O2. The van der Waals surface area contributed by atoms with Gasteiger partial charge in [0.2, 0.25) is 0 Å². The number of phenols is 1. The van der Waals surface area contributed by atoms with Crippen LogP contribution in [0.5, 0.6) is 5.75 Å². The number of carbonyl (C=O) groups excluding carboxylic acids is 1. The van der Waals surface area contributed by atoms with Crippen molar-refractivity contribution in [1.82, 2.24) is 19.8 Å². The van der Waals surface area contributed by atoms with Crippen LogP contribution in [0.15, 0.2) is 30.3 Å². The summed E-state index contributed by atoms with van der Waals surface area (Å²) in [6.07, 6.45) is 2.16. The first-order valence-corrected chi connectivity index (χ1v) is 10.8. The topological polar surface area (TPSA) is 69.6 Å². The Morgan fingerprint density at radius 1 is 1.16 bits per heavy atom. The van der Waals surface area contributed by atoms with Crippen molar-refractivity contribution in [3.63, 3.8) is 0 Å². The van der Waals surface area contributed by atoms with E-state index in [9.17, 15) is 9.90 Å². The quantitative estimate of drug-likeness (QED) is 0.693. The fourth-order valence-electron chi connectivity index (χ4n) is 4.58. The Hall–Kier alpha value is -2.99. The van der Waals surface area contributed by atoms with E-state index < -0.39 is 0 Å². The molecule has 1 N–H and O–H groups in total. The normalized spacial score (nSPS) is 17.1. The molecule has 4 rings (SSSR count). The molecule has 6 heteroatoms. The number of hydrogen-bond donors (Lipinski definition) is 1. The van der Waals surface area contributed by atoms with Gasteiger partial charge in [-0.2, -0.15) is 0 Å². The molecule has 6 nitrogen and oxygen atoms in total. The first kappa shape index (κ1) is 21.2. The van der Waals surface area contributed by atoms with E-state index in [2.05, 4.69) is 11.9 Å². The fourth-order valence-corrected chi connectivity index (χ4v) is 4.58. The highest BCUT2D eigenvalue weighted by molar-refractivity contribution is 6.05. The maximum Gasteiger partial charge on any atom is 0.254 e. The average Bonchev–Trinajstić information content (AvgIpc) is 2.71. The molecule has 1 aromatic carbocycles. The minimum atomic E-state index is -0.0540. The molecule has 0 spiro atoms. The van der Waals surface area contributed by atoms with Gasteiger partial charge in [-0.1, -0.05) is 6.07 Å². The van der Waals surface area contributed by atoms with Gasteiger partial charge in [-0.3, -0.25) is 4.79 Å². The number of fused-ring (bicyclic) bond motifs is 1. The second-order valence-electron chi connectivity index (χ2n) is 8.94. The monoisotopic (exact) mass is 418 g/mol. The Labute approximate surface area is 183 Å². The van der Waals surface area contributed by atoms with Crippen molar-refractivity contribution in [2.45, 2.75) is 32.6 Å². The number of aryl methyl sites for hydroxylation is 2. The molecule has 1 atom stereocenters. The number of phenolic OH excluding ortho intramolecular Hbond substituents is 1. The minimum Gasteiger partial charge on any atom is -0.507 e. The number of aromatic nitrogens is 2. The number of carbonyl (C=O) groups is 1. The third-order valence-corrected chi connectivity index (χ3v) is 6.09. The first-order valence-electron chi connectivity index (χ1n) is 10.8. The predicted octanol–water partition coefficient (Wildman–Crippen LogP) is 4.13. The largest absolute Gasteiger partial charge is 0.507 e. The van der Waals surface area contributed by atoms with Crippen LogP contribution in [0.1, 0.15) is 45.9 Å². The van der Waals surface area contributed by atoms with Gasteiger partial charge in [-0.15, -0.1) is 0 Å². The van der Waals surface area contributed by atoms with Crippen LogP contribution in [0, 0.1) is 13.8 Å². The van der Waals surface area contributed by atoms with Crippen molar-refractivity contribution in [1.29, 1.82) is 0 Å². The van der Waals surface area contributed by atoms with E-state index in [0.717, 1.165) is 48.1 Å². The van der Waals surface area contributed by atoms with Gasteiger partial charge in [-0.05, 0) is 75.7 Å². The summed E-state index contributed by atoms with van der Waals surface area (Å²) < 4.78 is 0. The van der Waals surface area contributed by atoms with Crippen LogP contribution in [0.2, 0.25) is 0 Å². The number of benzene rings is 1. The zero-order valence-electron chi connectivity index (χ0n) is 18.9. The molecule has 1 aliphatic rings. The molecule has 31 heavy (non-hydrogen) atoms. The molecule has 3 heterocycles. The summed E-state index contributed by atoms with van der Waals surface area (Å²) in [5, 5.41) is 11.3. The van der Waals surface area contributed by atoms with Crippen molar-refractivity contribution in [3.05, 3.63) is 52.7 Å². The van der Waals surface area contributed by atoms with Gasteiger partial charge in [-0.25, -0.2) is 9.97 Å². The number of amides is 1. The van der Waals surface area contributed by atoms with Crippen LogP contribution < -0.4 is 0 Å². The first-order chi connectivity index (χ1) is 14.7. The molecule has 0 saturated carbocycles. The van der Waals surface area contributed by atoms with Crippen molar-refractivity contribution >= 4 is 16.9 Å². The molecule has 1 amide bonds. The van der Waals surface area contributed by atoms with Crippen molar-refractivity contribution in [2.24, 2.45) is 0 Å².